The number of carbonyl (C=O) groups is 1. The fourth-order valence-corrected chi connectivity index (χ4v) is 8.86. The summed E-state index contributed by atoms with van der Waals surface area (Å²) in [6.45, 7) is 33.7. The molecule has 0 heterocycles. The summed E-state index contributed by atoms with van der Waals surface area (Å²) in [5.74, 6) is 0.311. The Labute approximate surface area is 317 Å². The normalized spacial score (nSPS) is 13.4. The van der Waals surface area contributed by atoms with Gasteiger partial charge in [0.25, 0.3) is 0 Å². The van der Waals surface area contributed by atoms with Crippen molar-refractivity contribution in [2.75, 3.05) is 13.3 Å². The molecule has 1 aromatic rings. The molecule has 4 nitrogen and oxygen atoms in total. The topological polar surface area (TPSA) is 60.4 Å². The number of methoxy groups -OCH3 is 1. The molecule has 1 atom stereocenters. The Morgan fingerprint density at radius 3 is 1.40 bits per heavy atom. The molecule has 0 N–H and O–H groups in total. The molecule has 6 heteroatoms. The van der Waals surface area contributed by atoms with E-state index in [9.17, 15) is 4.79 Å². The molecule has 1 aromatic carbocycles. The van der Waals surface area contributed by atoms with E-state index in [1.54, 1.807) is 57.5 Å². The summed E-state index contributed by atoms with van der Waals surface area (Å²) < 4.78 is 14.9. The second-order valence-electron chi connectivity index (χ2n) is 9.77. The van der Waals surface area contributed by atoms with E-state index in [-0.39, 0.29) is 16.5 Å². The van der Waals surface area contributed by atoms with Gasteiger partial charge in [-0.1, -0.05) is 171 Å². The van der Waals surface area contributed by atoms with Crippen LogP contribution in [0.2, 0.25) is 0 Å². The Morgan fingerprint density at radius 1 is 0.833 bits per heavy atom. The third-order valence-corrected chi connectivity index (χ3v) is 11.1. The van der Waals surface area contributed by atoms with Gasteiger partial charge in [0.1, 0.15) is 0 Å². The van der Waals surface area contributed by atoms with Crippen LogP contribution in [-0.4, -0.2) is 44.1 Å². The molecule has 0 bridgehead atoms. The first-order chi connectivity index (χ1) is 23.8. The predicted octanol–water partition coefficient (Wildman–Crippen LogP) is 14.0. The second kappa shape index (κ2) is 61.0. The first kappa shape index (κ1) is 58.9. The van der Waals surface area contributed by atoms with E-state index in [1.807, 2.05) is 69.2 Å². The standard InChI is InChI=1S/C15H29P.C11H16.C4H6O2.5C2H6.2CHO.Ni/c1-2-13-16(14-9-5-3-6-10-14)15-11-7-4-8-12-15;1-4-10(3)11-7-5-9(2)6-8-11;1-3-4(5)6-2;7*1-2;/h14-15H,2-13H2,1H3;5-8,10H,4H2,1-3H3;3H,1H2,2H3;5*1-2H3;2*1H;/q;;;;;;;;2*-1;+2/i;;;;;;;;2*1D;. The summed E-state index contributed by atoms with van der Waals surface area (Å²) in [4.78, 5) is 26.5. The first-order valence-electron chi connectivity index (χ1n) is 19.9. The van der Waals surface area contributed by atoms with Crippen LogP contribution in [0.25, 0.3) is 0 Å². The van der Waals surface area contributed by atoms with Gasteiger partial charge in [0.15, 0.2) is 0 Å². The zero-order valence-corrected chi connectivity index (χ0v) is 36.3. The Balaban J connectivity index is -0.0000000759. The molecule has 2 saturated carbocycles. The molecular weight excluding hydrogens is 658 g/mol. The number of hydrogen-bond donors (Lipinski definition) is 0. The van der Waals surface area contributed by atoms with E-state index >= 15 is 0 Å². The van der Waals surface area contributed by atoms with Gasteiger partial charge in [-0.05, 0) is 68.0 Å². The van der Waals surface area contributed by atoms with Crippen molar-refractivity contribution in [3.05, 3.63) is 48.0 Å². The zero-order chi connectivity index (χ0) is 39.9. The van der Waals surface area contributed by atoms with Gasteiger partial charge in [0.05, 0.1) is 7.11 Å². The van der Waals surface area contributed by atoms with E-state index in [0.29, 0.717) is 13.8 Å². The summed E-state index contributed by atoms with van der Waals surface area (Å²) in [6, 6.07) is 8.82. The second-order valence-corrected chi connectivity index (χ2v) is 12.7. The molecule has 290 valence electrons. The predicted molar refractivity (Wildman–Crippen MR) is 218 cm³/mol. The van der Waals surface area contributed by atoms with E-state index in [2.05, 4.69) is 63.3 Å². The van der Waals surface area contributed by atoms with Crippen LogP contribution < -0.4 is 0 Å². The molecule has 0 amide bonds. The zero-order valence-electron chi connectivity index (χ0n) is 36.4. The number of ether oxygens (including phenoxy) is 1. The number of hydrogen-bond acceptors (Lipinski definition) is 4. The van der Waals surface area contributed by atoms with Crippen molar-refractivity contribution >= 4 is 27.4 Å². The van der Waals surface area contributed by atoms with Gasteiger partial charge in [-0.2, -0.15) is 2.74 Å². The van der Waals surface area contributed by atoms with Gasteiger partial charge in [-0.3, -0.25) is 13.5 Å². The molecule has 0 saturated heterocycles. The van der Waals surface area contributed by atoms with Crippen molar-refractivity contribution in [3.63, 3.8) is 0 Å². The van der Waals surface area contributed by atoms with Gasteiger partial charge in [0, 0.05) is 6.08 Å². The maximum atomic E-state index is 9.84. The van der Waals surface area contributed by atoms with Crippen molar-refractivity contribution in [3.8, 4) is 0 Å². The third-order valence-electron chi connectivity index (χ3n) is 7.20. The molecule has 0 spiro atoms. The monoisotopic (exact) mass is 743 g/mol. The number of rotatable bonds is 7. The van der Waals surface area contributed by atoms with Crippen molar-refractivity contribution in [1.29, 1.82) is 0 Å². The van der Waals surface area contributed by atoms with Crippen LogP contribution >= 0.6 is 7.92 Å². The number of carbonyl (C=O) groups excluding carboxylic acids is 3. The van der Waals surface area contributed by atoms with E-state index < -0.39 is 5.97 Å². The summed E-state index contributed by atoms with van der Waals surface area (Å²) in [7, 11) is 1.71. The maximum absolute atomic E-state index is 9.84. The largest absolute Gasteiger partial charge is 2.00 e. The number of esters is 1. The SMILES string of the molecule is C=CC(=O)OC.CC.CC.CC.CC.CC.CCC(C)c1ccc(C)cc1.CCCP(C1CCCCC1)C1CCCCC1.[2H][C-]=O.[2H][C-]=O.[Ni+2]. The minimum absolute atomic E-state index is 0. The van der Waals surface area contributed by atoms with Crippen LogP contribution in [-0.2, 0) is 35.6 Å². The number of aryl methyl sites for hydroxylation is 1. The third kappa shape index (κ3) is 40.9. The van der Waals surface area contributed by atoms with Crippen molar-refractivity contribution in [2.24, 2.45) is 0 Å². The molecule has 0 aromatic heterocycles. The molecule has 2 aliphatic carbocycles. The summed E-state index contributed by atoms with van der Waals surface area (Å²) in [5.41, 5.74) is 5.15. The summed E-state index contributed by atoms with van der Waals surface area (Å²) >= 11 is 0. The van der Waals surface area contributed by atoms with Crippen molar-refractivity contribution in [1.82, 2.24) is 0 Å². The molecule has 2 fully saturated rings. The quantitative estimate of drug-likeness (QED) is 0.0697. The molecule has 2 aliphatic rings. The molecular formula is C42H83NiO4P. The Bertz CT molecular complexity index is 716. The van der Waals surface area contributed by atoms with Gasteiger partial charge >= 0.3 is 22.5 Å². The van der Waals surface area contributed by atoms with Crippen LogP contribution in [0.15, 0.2) is 36.9 Å². The Kier molecular flexibility index (Phi) is 74.8. The van der Waals surface area contributed by atoms with Gasteiger partial charge in [-0.25, -0.2) is 4.79 Å². The Hall–Kier alpha value is -1.31. The van der Waals surface area contributed by atoms with Crippen molar-refractivity contribution in [2.45, 2.75) is 191 Å². The molecule has 48 heavy (non-hydrogen) atoms. The van der Waals surface area contributed by atoms with Gasteiger partial charge < -0.3 is 14.3 Å². The molecule has 0 radical (unpaired) electrons. The molecule has 3 rings (SSSR count). The maximum Gasteiger partial charge on any atom is 2.00 e. The van der Waals surface area contributed by atoms with Crippen molar-refractivity contribution < 1.29 is 38.4 Å². The fraction of sp³-hybridized carbons (Fsp3) is 0.738. The van der Waals surface area contributed by atoms with Crippen LogP contribution in [0, 0.1) is 6.92 Å². The molecule has 0 aliphatic heterocycles. The fourth-order valence-electron chi connectivity index (χ4n) is 4.96. The average Bonchev–Trinajstić information content (AvgIpc) is 3.19. The summed E-state index contributed by atoms with van der Waals surface area (Å²) in [6.07, 6.45) is 20.9. The van der Waals surface area contributed by atoms with Crippen LogP contribution in [0.4, 0.5) is 0 Å². The minimum atomic E-state index is -0.394. The van der Waals surface area contributed by atoms with Crippen LogP contribution in [0.5, 0.6) is 0 Å². The van der Waals surface area contributed by atoms with E-state index in [4.69, 9.17) is 12.3 Å². The summed E-state index contributed by atoms with van der Waals surface area (Å²) in [5, 5.41) is 0. The molecule has 1 unspecified atom stereocenters. The first-order valence-corrected chi connectivity index (χ1v) is 20.6. The van der Waals surface area contributed by atoms with Crippen LogP contribution in [0.3, 0.4) is 0 Å². The minimum Gasteiger partial charge on any atom is -0.545 e. The van der Waals surface area contributed by atoms with E-state index in [0.717, 1.165) is 19.6 Å². The van der Waals surface area contributed by atoms with Gasteiger partial charge in [0.2, 0.25) is 0 Å². The smallest absolute Gasteiger partial charge is 0.545 e. The average molecular weight is 744 g/mol. The Morgan fingerprint density at radius 2 is 1.17 bits per heavy atom. The van der Waals surface area contributed by atoms with Gasteiger partial charge in [-0.15, -0.1) is 7.92 Å². The van der Waals surface area contributed by atoms with E-state index in [1.165, 1.54) is 55.2 Å². The van der Waals surface area contributed by atoms with Crippen LogP contribution in [0.1, 0.15) is 187 Å². The number of benzene rings is 1.